The van der Waals surface area contributed by atoms with E-state index in [1.165, 1.54) is 19.3 Å². The second-order valence-corrected chi connectivity index (χ2v) is 6.32. The van der Waals surface area contributed by atoms with Crippen LogP contribution in [-0.2, 0) is 20.4 Å². The van der Waals surface area contributed by atoms with E-state index < -0.39 is 17.7 Å². The van der Waals surface area contributed by atoms with E-state index in [1.54, 1.807) is 26.0 Å². The number of hydrogen-bond acceptors (Lipinski definition) is 6. The van der Waals surface area contributed by atoms with Crippen molar-refractivity contribution in [2.24, 2.45) is 0 Å². The predicted octanol–water partition coefficient (Wildman–Crippen LogP) is 5.50. The van der Waals surface area contributed by atoms with Crippen molar-refractivity contribution < 1.29 is 36.9 Å². The smallest absolute Gasteiger partial charge is 0.417 e. The molecular formula is C20H19ClF3NO5. The van der Waals surface area contributed by atoms with Gasteiger partial charge in [-0.2, -0.15) is 13.2 Å². The number of esters is 1. The Labute approximate surface area is 176 Å². The van der Waals surface area contributed by atoms with Gasteiger partial charge in [0.2, 0.25) is 5.88 Å². The van der Waals surface area contributed by atoms with Crippen molar-refractivity contribution in [1.29, 1.82) is 0 Å². The molecule has 0 atom stereocenters. The predicted molar refractivity (Wildman–Crippen MR) is 104 cm³/mol. The quantitative estimate of drug-likeness (QED) is 0.304. The Hall–Kier alpha value is -2.78. The van der Waals surface area contributed by atoms with E-state index >= 15 is 0 Å². The van der Waals surface area contributed by atoms with E-state index in [4.69, 9.17) is 30.5 Å². The van der Waals surface area contributed by atoms with Gasteiger partial charge in [0.15, 0.2) is 6.79 Å². The number of carbonyl (C=O) groups excluding carboxylic acids is 1. The van der Waals surface area contributed by atoms with Crippen LogP contribution in [0.2, 0.25) is 5.02 Å². The zero-order valence-electron chi connectivity index (χ0n) is 16.4. The molecule has 0 aliphatic heterocycles. The molecule has 0 fully saturated rings. The highest BCUT2D eigenvalue weighted by Crippen LogP contribution is 2.36. The van der Waals surface area contributed by atoms with Gasteiger partial charge in [-0.05, 0) is 38.1 Å². The van der Waals surface area contributed by atoms with Gasteiger partial charge in [-0.25, -0.2) is 9.78 Å². The highest BCUT2D eigenvalue weighted by molar-refractivity contribution is 6.31. The molecule has 1 aromatic carbocycles. The first-order chi connectivity index (χ1) is 14.2. The maximum atomic E-state index is 12.8. The molecule has 0 aliphatic rings. The molecule has 1 heterocycles. The number of carbonyl (C=O) groups is 1. The van der Waals surface area contributed by atoms with Crippen molar-refractivity contribution in [1.82, 2.24) is 4.98 Å². The molecular weight excluding hydrogens is 427 g/mol. The molecule has 1 aromatic heterocycles. The van der Waals surface area contributed by atoms with Gasteiger partial charge in [0, 0.05) is 30.5 Å². The van der Waals surface area contributed by atoms with Crippen molar-refractivity contribution >= 4 is 23.6 Å². The fourth-order valence-electron chi connectivity index (χ4n) is 2.24. The second kappa shape index (κ2) is 10.3. The molecule has 0 saturated heterocycles. The van der Waals surface area contributed by atoms with Crippen molar-refractivity contribution in [3.05, 3.63) is 52.2 Å². The van der Waals surface area contributed by atoms with Crippen molar-refractivity contribution in [3.8, 4) is 17.4 Å². The molecule has 10 heteroatoms. The number of benzene rings is 1. The van der Waals surface area contributed by atoms with E-state index in [-0.39, 0.29) is 30.1 Å². The number of methoxy groups -OCH3 is 1. The number of alkyl halides is 3. The molecule has 0 amide bonds. The SMILES string of the molecule is CCOC(=O)C(C)=Cc1ccc(OCOC)cc1Oc1ncc(C(F)(F)F)cc1Cl. The summed E-state index contributed by atoms with van der Waals surface area (Å²) in [5.74, 6) is -0.243. The minimum Gasteiger partial charge on any atom is -0.467 e. The Morgan fingerprint density at radius 1 is 1.27 bits per heavy atom. The fourth-order valence-corrected chi connectivity index (χ4v) is 2.44. The molecule has 2 aromatic rings. The van der Waals surface area contributed by atoms with Gasteiger partial charge < -0.3 is 18.9 Å². The second-order valence-electron chi connectivity index (χ2n) is 5.91. The summed E-state index contributed by atoms with van der Waals surface area (Å²) in [6, 6.07) is 5.40. The van der Waals surface area contributed by atoms with Crippen LogP contribution in [0.25, 0.3) is 6.08 Å². The number of halogens is 4. The maximum Gasteiger partial charge on any atom is 0.417 e. The summed E-state index contributed by atoms with van der Waals surface area (Å²) in [6.07, 6.45) is -2.47. The monoisotopic (exact) mass is 445 g/mol. The highest BCUT2D eigenvalue weighted by Gasteiger charge is 2.32. The Morgan fingerprint density at radius 2 is 2.00 bits per heavy atom. The summed E-state index contributed by atoms with van der Waals surface area (Å²) in [5.41, 5.74) is -0.280. The molecule has 0 unspecified atom stereocenters. The fraction of sp³-hybridized carbons (Fsp3) is 0.300. The topological polar surface area (TPSA) is 66.9 Å². The van der Waals surface area contributed by atoms with Crippen LogP contribution in [0.5, 0.6) is 17.4 Å². The van der Waals surface area contributed by atoms with Crippen LogP contribution >= 0.6 is 11.6 Å². The Morgan fingerprint density at radius 3 is 2.60 bits per heavy atom. The summed E-state index contributed by atoms with van der Waals surface area (Å²) in [4.78, 5) is 15.6. The molecule has 2 rings (SSSR count). The third-order valence-corrected chi connectivity index (χ3v) is 3.91. The van der Waals surface area contributed by atoms with Gasteiger partial charge in [-0.15, -0.1) is 0 Å². The first-order valence-electron chi connectivity index (χ1n) is 8.67. The maximum absolute atomic E-state index is 12.8. The number of rotatable bonds is 8. The van der Waals surface area contributed by atoms with Gasteiger partial charge in [-0.1, -0.05) is 11.6 Å². The summed E-state index contributed by atoms with van der Waals surface area (Å²) >= 11 is 5.93. The first kappa shape index (κ1) is 23.5. The standard InChI is InChI=1S/C20H19ClF3NO5/c1-4-28-19(26)12(2)7-13-5-6-15(29-11-27-3)9-17(13)30-18-16(21)8-14(10-25-18)20(22,23)24/h5-10H,4,11H2,1-3H3. The van der Waals surface area contributed by atoms with Crippen LogP contribution in [0.4, 0.5) is 13.2 Å². The Balaban J connectivity index is 2.42. The normalized spacial score (nSPS) is 11.9. The van der Waals surface area contributed by atoms with Crippen molar-refractivity contribution in [2.45, 2.75) is 20.0 Å². The van der Waals surface area contributed by atoms with Crippen LogP contribution in [0.3, 0.4) is 0 Å². The largest absolute Gasteiger partial charge is 0.467 e. The molecule has 0 bridgehead atoms. The highest BCUT2D eigenvalue weighted by atomic mass is 35.5. The van der Waals surface area contributed by atoms with E-state index in [2.05, 4.69) is 4.98 Å². The van der Waals surface area contributed by atoms with Crippen molar-refractivity contribution in [2.75, 3.05) is 20.5 Å². The molecule has 0 radical (unpaired) electrons. The van der Waals surface area contributed by atoms with E-state index in [0.717, 1.165) is 0 Å². The van der Waals surface area contributed by atoms with Crippen LogP contribution in [0, 0.1) is 0 Å². The van der Waals surface area contributed by atoms with Crippen LogP contribution in [0.15, 0.2) is 36.0 Å². The summed E-state index contributed by atoms with van der Waals surface area (Å²) in [6.45, 7) is 3.42. The lowest BCUT2D eigenvalue weighted by molar-refractivity contribution is -0.139. The minimum absolute atomic E-state index is 0.0320. The Kier molecular flexibility index (Phi) is 8.08. The van der Waals surface area contributed by atoms with E-state index in [0.29, 0.717) is 29.1 Å². The Bertz CT molecular complexity index is 931. The van der Waals surface area contributed by atoms with Gasteiger partial charge in [0.25, 0.3) is 0 Å². The number of hydrogen-bond donors (Lipinski definition) is 0. The molecule has 0 N–H and O–H groups in total. The summed E-state index contributed by atoms with van der Waals surface area (Å²) in [5, 5.41) is -0.329. The molecule has 0 saturated carbocycles. The van der Waals surface area contributed by atoms with Gasteiger partial charge >= 0.3 is 12.1 Å². The molecule has 162 valence electrons. The summed E-state index contributed by atoms with van der Waals surface area (Å²) < 4.78 is 59.3. The lowest BCUT2D eigenvalue weighted by Crippen LogP contribution is -2.06. The molecule has 0 aliphatic carbocycles. The average molecular weight is 446 g/mol. The van der Waals surface area contributed by atoms with Crippen molar-refractivity contribution in [3.63, 3.8) is 0 Å². The lowest BCUT2D eigenvalue weighted by atomic mass is 10.1. The lowest BCUT2D eigenvalue weighted by Gasteiger charge is -2.14. The van der Waals surface area contributed by atoms with Crippen LogP contribution < -0.4 is 9.47 Å². The number of aromatic nitrogens is 1. The third kappa shape index (κ3) is 6.36. The van der Waals surface area contributed by atoms with E-state index in [1.807, 2.05) is 0 Å². The minimum atomic E-state index is -4.59. The molecule has 6 nitrogen and oxygen atoms in total. The van der Waals surface area contributed by atoms with Gasteiger partial charge in [0.1, 0.15) is 16.5 Å². The van der Waals surface area contributed by atoms with Gasteiger partial charge in [-0.3, -0.25) is 0 Å². The van der Waals surface area contributed by atoms with Crippen LogP contribution in [-0.4, -0.2) is 31.5 Å². The zero-order valence-corrected chi connectivity index (χ0v) is 17.1. The van der Waals surface area contributed by atoms with Crippen LogP contribution in [0.1, 0.15) is 25.0 Å². The van der Waals surface area contributed by atoms with Gasteiger partial charge in [0.05, 0.1) is 12.2 Å². The average Bonchev–Trinajstić information content (AvgIpc) is 2.68. The number of pyridine rings is 1. The van der Waals surface area contributed by atoms with E-state index in [9.17, 15) is 18.0 Å². The third-order valence-electron chi connectivity index (χ3n) is 3.64. The number of ether oxygens (including phenoxy) is 4. The molecule has 30 heavy (non-hydrogen) atoms. The summed E-state index contributed by atoms with van der Waals surface area (Å²) in [7, 11) is 1.45. The first-order valence-corrected chi connectivity index (χ1v) is 9.05. The number of nitrogens with zero attached hydrogens (tertiary/aromatic N) is 1. The zero-order chi connectivity index (χ0) is 22.3. The molecule has 0 spiro atoms.